The molecule has 0 aliphatic rings. The molecule has 80 valence electrons. The van der Waals surface area contributed by atoms with E-state index in [2.05, 4.69) is 27.9 Å². The van der Waals surface area contributed by atoms with Gasteiger partial charge in [0.05, 0.1) is 5.69 Å². The molecule has 0 amide bonds. The minimum absolute atomic E-state index is 0.334. The molecule has 0 aliphatic carbocycles. The van der Waals surface area contributed by atoms with Crippen LogP contribution in [0.1, 0.15) is 0 Å². The summed E-state index contributed by atoms with van der Waals surface area (Å²) in [6, 6.07) is 12.0. The number of nitrogens with two attached hydrogens (primary N) is 1. The van der Waals surface area contributed by atoms with Crippen LogP contribution in [0.2, 0.25) is 0 Å². The molecule has 0 radical (unpaired) electrons. The molecule has 0 saturated heterocycles. The first-order valence-electron chi connectivity index (χ1n) is 5.03. The van der Waals surface area contributed by atoms with Gasteiger partial charge in [-0.2, -0.15) is 0 Å². The normalized spacial score (nSPS) is 11.1. The van der Waals surface area contributed by atoms with Crippen LogP contribution in [0.3, 0.4) is 0 Å². The van der Waals surface area contributed by atoms with Crippen LogP contribution in [0.25, 0.3) is 22.3 Å². The fourth-order valence-corrected chi connectivity index (χ4v) is 1.94. The minimum atomic E-state index is 0.334. The molecule has 0 spiro atoms. The molecule has 2 N–H and O–H groups in total. The van der Waals surface area contributed by atoms with E-state index in [-0.39, 0.29) is 0 Å². The van der Waals surface area contributed by atoms with Crippen LogP contribution < -0.4 is 5.73 Å². The lowest BCUT2D eigenvalue weighted by atomic mass is 10.2. The van der Waals surface area contributed by atoms with Crippen molar-refractivity contribution in [3.63, 3.8) is 0 Å². The lowest BCUT2D eigenvalue weighted by Crippen LogP contribution is -1.90. The summed E-state index contributed by atoms with van der Waals surface area (Å²) in [5, 5.41) is 5.10. The van der Waals surface area contributed by atoms with Gasteiger partial charge in [-0.25, -0.2) is 0 Å². The summed E-state index contributed by atoms with van der Waals surface area (Å²) < 4.78 is 6.96. The van der Waals surface area contributed by atoms with Gasteiger partial charge in [0.2, 0.25) is 5.88 Å². The maximum atomic E-state index is 5.52. The molecule has 2 aromatic heterocycles. The molecule has 0 fully saturated rings. The molecule has 0 atom stereocenters. The van der Waals surface area contributed by atoms with Crippen LogP contribution in [0, 0.1) is 0 Å². The molecule has 3 aromatic rings. The summed E-state index contributed by atoms with van der Waals surface area (Å²) in [4.78, 5) is 0. The Morgan fingerprint density at radius 1 is 1.25 bits per heavy atom. The van der Waals surface area contributed by atoms with Crippen molar-refractivity contribution >= 4 is 16.8 Å². The Kier molecular flexibility index (Phi) is 1.77. The smallest absolute Gasteiger partial charge is 0.222 e. The number of aromatic nitrogens is 2. The minimum Gasteiger partial charge on any atom is -0.368 e. The largest absolute Gasteiger partial charge is 0.368 e. The maximum Gasteiger partial charge on any atom is 0.222 e. The molecular formula is C12H11N3O. The topological polar surface area (TPSA) is 57.0 Å². The number of para-hydroxylation sites is 1. The number of anilines is 1. The zero-order valence-corrected chi connectivity index (χ0v) is 8.84. The van der Waals surface area contributed by atoms with Crippen LogP contribution in [-0.4, -0.2) is 9.72 Å². The first-order valence-corrected chi connectivity index (χ1v) is 5.03. The Morgan fingerprint density at radius 3 is 2.75 bits per heavy atom. The highest BCUT2D eigenvalue weighted by atomic mass is 16.5. The van der Waals surface area contributed by atoms with Crippen LogP contribution >= 0.6 is 0 Å². The van der Waals surface area contributed by atoms with Gasteiger partial charge in [-0.1, -0.05) is 23.4 Å². The van der Waals surface area contributed by atoms with Crippen molar-refractivity contribution in [3.8, 4) is 11.4 Å². The number of fused-ring (bicyclic) bond motifs is 1. The van der Waals surface area contributed by atoms with Crippen molar-refractivity contribution in [1.29, 1.82) is 0 Å². The van der Waals surface area contributed by atoms with E-state index in [1.165, 1.54) is 10.9 Å². The first-order chi connectivity index (χ1) is 7.75. The van der Waals surface area contributed by atoms with Crippen molar-refractivity contribution < 1.29 is 4.52 Å². The number of hydrogen-bond acceptors (Lipinski definition) is 3. The maximum absolute atomic E-state index is 5.52. The van der Waals surface area contributed by atoms with Gasteiger partial charge < -0.3 is 14.8 Å². The van der Waals surface area contributed by atoms with E-state index >= 15 is 0 Å². The number of rotatable bonds is 1. The summed E-state index contributed by atoms with van der Waals surface area (Å²) in [5.74, 6) is 0.334. The molecule has 0 unspecified atom stereocenters. The van der Waals surface area contributed by atoms with E-state index in [0.29, 0.717) is 5.88 Å². The zero-order valence-electron chi connectivity index (χ0n) is 8.84. The fraction of sp³-hybridized carbons (Fsp3) is 0.0833. The average molecular weight is 213 g/mol. The highest BCUT2D eigenvalue weighted by Gasteiger charge is 2.10. The Labute approximate surface area is 92.3 Å². The molecule has 2 heterocycles. The predicted molar refractivity (Wildman–Crippen MR) is 62.8 cm³/mol. The molecule has 1 aromatic carbocycles. The SMILES string of the molecule is Cn1c(-c2cc(N)on2)cc2ccccc21. The van der Waals surface area contributed by atoms with Crippen molar-refractivity contribution in [2.45, 2.75) is 0 Å². The van der Waals surface area contributed by atoms with E-state index in [0.717, 1.165) is 11.4 Å². The van der Waals surface area contributed by atoms with Crippen molar-refractivity contribution in [3.05, 3.63) is 36.4 Å². The van der Waals surface area contributed by atoms with Gasteiger partial charge in [-0.15, -0.1) is 0 Å². The van der Waals surface area contributed by atoms with E-state index < -0.39 is 0 Å². The average Bonchev–Trinajstić information content (AvgIpc) is 2.84. The van der Waals surface area contributed by atoms with E-state index in [1.807, 2.05) is 19.2 Å². The molecule has 0 aliphatic heterocycles. The van der Waals surface area contributed by atoms with Crippen LogP contribution in [-0.2, 0) is 7.05 Å². The van der Waals surface area contributed by atoms with Gasteiger partial charge >= 0.3 is 0 Å². The number of nitrogens with zero attached hydrogens (tertiary/aromatic N) is 2. The highest BCUT2D eigenvalue weighted by Crippen LogP contribution is 2.27. The molecule has 4 nitrogen and oxygen atoms in total. The van der Waals surface area contributed by atoms with Gasteiger partial charge in [0.15, 0.2) is 0 Å². The Hall–Kier alpha value is -2.23. The van der Waals surface area contributed by atoms with Crippen molar-refractivity contribution in [2.75, 3.05) is 5.73 Å². The zero-order chi connectivity index (χ0) is 11.1. The van der Waals surface area contributed by atoms with Crippen LogP contribution in [0.15, 0.2) is 40.9 Å². The van der Waals surface area contributed by atoms with Gasteiger partial charge in [0.25, 0.3) is 0 Å². The van der Waals surface area contributed by atoms with Crippen LogP contribution in [0.4, 0.5) is 5.88 Å². The summed E-state index contributed by atoms with van der Waals surface area (Å²) in [6.45, 7) is 0. The van der Waals surface area contributed by atoms with Gasteiger partial charge in [0, 0.05) is 24.0 Å². The van der Waals surface area contributed by atoms with Gasteiger partial charge in [-0.3, -0.25) is 0 Å². The number of hydrogen-bond donors (Lipinski definition) is 1. The van der Waals surface area contributed by atoms with Gasteiger partial charge in [-0.05, 0) is 12.1 Å². The second-order valence-corrected chi connectivity index (χ2v) is 3.76. The number of benzene rings is 1. The molecule has 4 heteroatoms. The molecule has 0 bridgehead atoms. The summed E-state index contributed by atoms with van der Waals surface area (Å²) in [6.07, 6.45) is 0. The second kappa shape index (κ2) is 3.13. The predicted octanol–water partition coefficient (Wildman–Crippen LogP) is 2.42. The van der Waals surface area contributed by atoms with Crippen molar-refractivity contribution in [2.24, 2.45) is 7.05 Å². The van der Waals surface area contributed by atoms with E-state index in [9.17, 15) is 0 Å². The Balaban J connectivity index is 2.28. The second-order valence-electron chi connectivity index (χ2n) is 3.76. The number of nitrogen functional groups attached to an aromatic ring is 1. The van der Waals surface area contributed by atoms with E-state index in [4.69, 9.17) is 10.3 Å². The first kappa shape index (κ1) is 9.03. The van der Waals surface area contributed by atoms with Crippen molar-refractivity contribution in [1.82, 2.24) is 9.72 Å². The molecule has 3 rings (SSSR count). The fourth-order valence-electron chi connectivity index (χ4n) is 1.94. The third-order valence-electron chi connectivity index (χ3n) is 2.74. The lowest BCUT2D eigenvalue weighted by Gasteiger charge is -1.99. The third-order valence-corrected chi connectivity index (χ3v) is 2.74. The summed E-state index contributed by atoms with van der Waals surface area (Å²) in [7, 11) is 2.00. The molecule has 0 saturated carbocycles. The highest BCUT2D eigenvalue weighted by molar-refractivity contribution is 5.86. The Morgan fingerprint density at radius 2 is 2.06 bits per heavy atom. The summed E-state index contributed by atoms with van der Waals surface area (Å²) in [5.41, 5.74) is 8.45. The lowest BCUT2D eigenvalue weighted by molar-refractivity contribution is 0.439. The quantitative estimate of drug-likeness (QED) is 0.675. The monoisotopic (exact) mass is 213 g/mol. The van der Waals surface area contributed by atoms with Crippen LogP contribution in [0.5, 0.6) is 0 Å². The number of aryl methyl sites for hydroxylation is 1. The molecular weight excluding hydrogens is 202 g/mol. The molecule has 16 heavy (non-hydrogen) atoms. The van der Waals surface area contributed by atoms with E-state index in [1.54, 1.807) is 6.07 Å². The standard InChI is InChI=1S/C12H11N3O/c1-15-10-5-3-2-4-8(10)6-11(15)9-7-12(13)16-14-9/h2-7H,13H2,1H3. The third kappa shape index (κ3) is 1.20. The van der Waals surface area contributed by atoms with Gasteiger partial charge in [0.1, 0.15) is 5.69 Å². The summed E-state index contributed by atoms with van der Waals surface area (Å²) >= 11 is 0. The Bertz CT molecular complexity index is 651.